The number of halogens is 2. The lowest BCUT2D eigenvalue weighted by atomic mass is 9.81. The number of fused-ring (bicyclic) bond motifs is 3. The highest BCUT2D eigenvalue weighted by Gasteiger charge is 2.46. The number of carbonyl (C=O) groups excluding carboxylic acids is 1. The highest BCUT2D eigenvalue weighted by Crippen LogP contribution is 2.49. The molecule has 1 amide bonds. The van der Waals surface area contributed by atoms with Gasteiger partial charge in [-0.25, -0.2) is 4.79 Å². The molecule has 1 saturated heterocycles. The van der Waals surface area contributed by atoms with Gasteiger partial charge in [0.25, 0.3) is 0 Å². The first-order valence-corrected chi connectivity index (χ1v) is 12.0. The molecule has 2 aliphatic heterocycles. The molecule has 0 aliphatic carbocycles. The van der Waals surface area contributed by atoms with Crippen molar-refractivity contribution < 1.29 is 14.3 Å². The molecule has 1 fully saturated rings. The van der Waals surface area contributed by atoms with Crippen molar-refractivity contribution in [3.8, 4) is 5.75 Å². The van der Waals surface area contributed by atoms with Crippen LogP contribution in [0.15, 0.2) is 42.5 Å². The predicted molar refractivity (Wildman–Crippen MR) is 129 cm³/mol. The fraction of sp³-hybridized carbons (Fsp3) is 0.480. The average molecular weight is 477 g/mol. The van der Waals surface area contributed by atoms with Crippen LogP contribution in [0.5, 0.6) is 5.75 Å². The van der Waals surface area contributed by atoms with Crippen molar-refractivity contribution in [3.05, 3.63) is 58.6 Å². The second-order valence-electron chi connectivity index (χ2n) is 9.38. The van der Waals surface area contributed by atoms with E-state index in [0.29, 0.717) is 19.0 Å². The SMILES string of the molecule is CC(C)(C)OC(=O)N1CCC2c3cc(Cl)ccc3NC2[C@@H]1c1ccc(OCCCCl)cc1. The number of amides is 1. The van der Waals surface area contributed by atoms with Gasteiger partial charge >= 0.3 is 6.09 Å². The van der Waals surface area contributed by atoms with E-state index >= 15 is 0 Å². The molecule has 32 heavy (non-hydrogen) atoms. The summed E-state index contributed by atoms with van der Waals surface area (Å²) in [4.78, 5) is 15.0. The van der Waals surface area contributed by atoms with Crippen molar-refractivity contribution in [2.45, 2.75) is 57.2 Å². The van der Waals surface area contributed by atoms with Gasteiger partial charge in [0.05, 0.1) is 18.7 Å². The zero-order valence-electron chi connectivity index (χ0n) is 18.7. The number of carbonyl (C=O) groups is 1. The first-order chi connectivity index (χ1) is 15.3. The van der Waals surface area contributed by atoms with Crippen LogP contribution in [0.2, 0.25) is 5.02 Å². The van der Waals surface area contributed by atoms with Crippen molar-refractivity contribution in [2.75, 3.05) is 24.3 Å². The Morgan fingerprint density at radius 1 is 1.19 bits per heavy atom. The maximum Gasteiger partial charge on any atom is 0.410 e. The van der Waals surface area contributed by atoms with Crippen LogP contribution in [0.1, 0.15) is 56.7 Å². The summed E-state index contributed by atoms with van der Waals surface area (Å²) < 4.78 is 11.5. The molecular formula is C25H30Cl2N2O3. The molecule has 0 aromatic heterocycles. The number of anilines is 1. The van der Waals surface area contributed by atoms with Crippen LogP contribution in [0.25, 0.3) is 0 Å². The van der Waals surface area contributed by atoms with Gasteiger partial charge < -0.3 is 14.8 Å². The van der Waals surface area contributed by atoms with E-state index in [1.807, 2.05) is 68.1 Å². The Bertz CT molecular complexity index is 959. The molecule has 2 aromatic carbocycles. The van der Waals surface area contributed by atoms with Gasteiger partial charge in [0.2, 0.25) is 0 Å². The normalized spacial score (nSPS) is 22.0. The average Bonchev–Trinajstić information content (AvgIpc) is 3.10. The standard InChI is InChI=1S/C25H30Cl2N2O3/c1-25(2,3)32-24(30)29-13-11-19-20-15-17(27)7-10-21(20)28-22(19)23(29)16-5-8-18(9-6-16)31-14-4-12-26/h5-10,15,19,22-23,28H,4,11-14H2,1-3H3/t19?,22?,23-/m0/s1. The van der Waals surface area contributed by atoms with Crippen molar-refractivity contribution in [2.24, 2.45) is 0 Å². The Morgan fingerprint density at radius 2 is 1.94 bits per heavy atom. The van der Waals surface area contributed by atoms with E-state index in [9.17, 15) is 4.79 Å². The molecular weight excluding hydrogens is 447 g/mol. The van der Waals surface area contributed by atoms with E-state index in [1.165, 1.54) is 5.56 Å². The minimum absolute atomic E-state index is 0.0350. The Labute approximate surface area is 200 Å². The predicted octanol–water partition coefficient (Wildman–Crippen LogP) is 6.61. The van der Waals surface area contributed by atoms with Crippen molar-refractivity contribution >= 4 is 35.0 Å². The maximum absolute atomic E-state index is 13.2. The van der Waals surface area contributed by atoms with Crippen molar-refractivity contribution in [1.82, 2.24) is 4.90 Å². The number of likely N-dealkylation sites (tertiary alicyclic amines) is 1. The van der Waals surface area contributed by atoms with E-state index < -0.39 is 5.60 Å². The number of nitrogens with zero attached hydrogens (tertiary/aromatic N) is 1. The van der Waals surface area contributed by atoms with Crippen LogP contribution in [0.3, 0.4) is 0 Å². The Balaban J connectivity index is 1.64. The number of hydrogen-bond donors (Lipinski definition) is 1. The first kappa shape index (κ1) is 23.1. The summed E-state index contributed by atoms with van der Waals surface area (Å²) in [6.07, 6.45) is 1.35. The molecule has 5 nitrogen and oxygen atoms in total. The molecule has 2 unspecified atom stereocenters. The fourth-order valence-corrected chi connectivity index (χ4v) is 4.90. The number of benzene rings is 2. The zero-order valence-corrected chi connectivity index (χ0v) is 20.2. The Kier molecular flexibility index (Phi) is 6.78. The highest BCUT2D eigenvalue weighted by molar-refractivity contribution is 6.30. The lowest BCUT2D eigenvalue weighted by Gasteiger charge is -2.43. The van der Waals surface area contributed by atoms with Crippen molar-refractivity contribution in [1.29, 1.82) is 0 Å². The van der Waals surface area contributed by atoms with Gasteiger partial charge in [-0.05, 0) is 75.1 Å². The zero-order chi connectivity index (χ0) is 22.9. The molecule has 0 saturated carbocycles. The van der Waals surface area contributed by atoms with E-state index in [0.717, 1.165) is 34.9 Å². The molecule has 0 spiro atoms. The van der Waals surface area contributed by atoms with E-state index in [-0.39, 0.29) is 24.1 Å². The largest absolute Gasteiger partial charge is 0.494 e. The molecule has 7 heteroatoms. The van der Waals surface area contributed by atoms with Crippen LogP contribution in [0, 0.1) is 0 Å². The van der Waals surface area contributed by atoms with Crippen LogP contribution >= 0.6 is 23.2 Å². The molecule has 3 atom stereocenters. The van der Waals surface area contributed by atoms with Gasteiger partial charge in [-0.15, -0.1) is 11.6 Å². The number of piperidine rings is 1. The highest BCUT2D eigenvalue weighted by atomic mass is 35.5. The quantitative estimate of drug-likeness (QED) is 0.389. The molecule has 2 aromatic rings. The summed E-state index contributed by atoms with van der Waals surface area (Å²) >= 11 is 12.0. The summed E-state index contributed by atoms with van der Waals surface area (Å²) in [6, 6.07) is 13.8. The molecule has 2 heterocycles. The van der Waals surface area contributed by atoms with Crippen molar-refractivity contribution in [3.63, 3.8) is 0 Å². The lowest BCUT2D eigenvalue weighted by molar-refractivity contribution is 0.00614. The minimum atomic E-state index is -0.557. The third kappa shape index (κ3) is 4.94. The Morgan fingerprint density at radius 3 is 2.62 bits per heavy atom. The summed E-state index contributed by atoms with van der Waals surface area (Å²) in [5.41, 5.74) is 2.79. The third-order valence-electron chi connectivity index (χ3n) is 5.92. The number of nitrogens with one attached hydrogen (secondary N) is 1. The third-order valence-corrected chi connectivity index (χ3v) is 6.42. The van der Waals surface area contributed by atoms with Gasteiger partial charge in [0.15, 0.2) is 0 Å². The van der Waals surface area contributed by atoms with Gasteiger partial charge in [-0.1, -0.05) is 23.7 Å². The Hall–Kier alpha value is -2.11. The van der Waals surface area contributed by atoms with Crippen LogP contribution < -0.4 is 10.1 Å². The van der Waals surface area contributed by atoms with Crippen LogP contribution in [-0.4, -0.2) is 41.7 Å². The first-order valence-electron chi connectivity index (χ1n) is 11.1. The lowest BCUT2D eigenvalue weighted by Crippen LogP contribution is -2.50. The topological polar surface area (TPSA) is 50.8 Å². The summed E-state index contributed by atoms with van der Waals surface area (Å²) in [7, 11) is 0. The number of alkyl halides is 1. The van der Waals surface area contributed by atoms with Gasteiger partial charge in [0.1, 0.15) is 11.4 Å². The summed E-state index contributed by atoms with van der Waals surface area (Å²) in [5.74, 6) is 1.64. The van der Waals surface area contributed by atoms with Gasteiger partial charge in [0, 0.05) is 29.1 Å². The van der Waals surface area contributed by atoms with E-state index in [4.69, 9.17) is 32.7 Å². The minimum Gasteiger partial charge on any atom is -0.494 e. The smallest absolute Gasteiger partial charge is 0.410 e. The van der Waals surface area contributed by atoms with E-state index in [2.05, 4.69) is 5.32 Å². The molecule has 4 rings (SSSR count). The summed E-state index contributed by atoms with van der Waals surface area (Å²) in [6.45, 7) is 6.88. The van der Waals surface area contributed by atoms with E-state index in [1.54, 1.807) is 0 Å². The fourth-order valence-electron chi connectivity index (χ4n) is 4.61. The van der Waals surface area contributed by atoms with Gasteiger partial charge in [-0.2, -0.15) is 0 Å². The molecule has 0 bridgehead atoms. The number of ether oxygens (including phenoxy) is 2. The molecule has 172 valence electrons. The monoisotopic (exact) mass is 476 g/mol. The second kappa shape index (κ2) is 9.40. The molecule has 0 radical (unpaired) electrons. The number of hydrogen-bond acceptors (Lipinski definition) is 4. The maximum atomic E-state index is 13.2. The molecule has 2 aliphatic rings. The summed E-state index contributed by atoms with van der Waals surface area (Å²) in [5, 5.41) is 4.39. The second-order valence-corrected chi connectivity index (χ2v) is 10.2. The number of rotatable bonds is 5. The van der Waals surface area contributed by atoms with Crippen LogP contribution in [0.4, 0.5) is 10.5 Å². The van der Waals surface area contributed by atoms with Gasteiger partial charge in [-0.3, -0.25) is 4.90 Å². The molecule has 1 N–H and O–H groups in total. The van der Waals surface area contributed by atoms with Crippen LogP contribution in [-0.2, 0) is 4.74 Å².